The Balaban J connectivity index is 1.95. The van der Waals surface area contributed by atoms with Crippen molar-refractivity contribution < 1.29 is 4.79 Å². The molecule has 0 heterocycles. The number of benzene rings is 2. The highest BCUT2D eigenvalue weighted by Crippen LogP contribution is 2.17. The lowest BCUT2D eigenvalue weighted by Gasteiger charge is -2.14. The fourth-order valence-corrected chi connectivity index (χ4v) is 2.17. The van der Waals surface area contributed by atoms with Crippen molar-refractivity contribution in [2.75, 3.05) is 5.73 Å². The van der Waals surface area contributed by atoms with E-state index < -0.39 is 0 Å². The van der Waals surface area contributed by atoms with Gasteiger partial charge in [0.2, 0.25) is 5.91 Å². The zero-order valence-corrected chi connectivity index (χ0v) is 12.0. The lowest BCUT2D eigenvalue weighted by atomic mass is 10.1. The number of carbonyl (C=O) groups excluding carboxylic acids is 1. The lowest BCUT2D eigenvalue weighted by Crippen LogP contribution is -2.28. The van der Waals surface area contributed by atoms with Crippen LogP contribution in [0.15, 0.2) is 48.5 Å². The number of nitrogens with one attached hydrogen (secondary N) is 1. The summed E-state index contributed by atoms with van der Waals surface area (Å²) in [6.07, 6.45) is 0.338. The number of rotatable bonds is 4. The van der Waals surface area contributed by atoms with Crippen LogP contribution < -0.4 is 11.1 Å². The molecule has 0 aliphatic rings. The Morgan fingerprint density at radius 2 is 1.95 bits per heavy atom. The molecule has 2 rings (SSSR count). The number of nitrogen functional groups attached to an aromatic ring is 1. The third-order valence-corrected chi connectivity index (χ3v) is 3.31. The van der Waals surface area contributed by atoms with Crippen molar-refractivity contribution in [2.24, 2.45) is 0 Å². The van der Waals surface area contributed by atoms with Crippen LogP contribution in [-0.4, -0.2) is 5.91 Å². The third kappa shape index (κ3) is 4.00. The van der Waals surface area contributed by atoms with Gasteiger partial charge >= 0.3 is 0 Å². The Bertz CT molecular complexity index is 596. The second-order valence-electron chi connectivity index (χ2n) is 4.76. The number of hydrogen-bond donors (Lipinski definition) is 2. The van der Waals surface area contributed by atoms with Crippen molar-refractivity contribution in [2.45, 2.75) is 19.4 Å². The van der Waals surface area contributed by atoms with Crippen molar-refractivity contribution in [1.29, 1.82) is 0 Å². The maximum absolute atomic E-state index is 12.0. The number of carbonyl (C=O) groups is 1. The first-order chi connectivity index (χ1) is 9.54. The summed E-state index contributed by atoms with van der Waals surface area (Å²) in [6.45, 7) is 1.94. The highest BCUT2D eigenvalue weighted by molar-refractivity contribution is 6.30. The van der Waals surface area contributed by atoms with Gasteiger partial charge in [0.15, 0.2) is 0 Å². The van der Waals surface area contributed by atoms with Gasteiger partial charge in [-0.05, 0) is 42.3 Å². The predicted molar refractivity (Wildman–Crippen MR) is 82.6 cm³/mol. The van der Waals surface area contributed by atoms with E-state index in [9.17, 15) is 4.79 Å². The minimum atomic E-state index is -0.0741. The van der Waals surface area contributed by atoms with Crippen LogP contribution >= 0.6 is 11.6 Å². The van der Waals surface area contributed by atoms with Gasteiger partial charge in [0.25, 0.3) is 0 Å². The maximum atomic E-state index is 12.0. The summed E-state index contributed by atoms with van der Waals surface area (Å²) in [7, 11) is 0. The second kappa shape index (κ2) is 6.44. The minimum Gasteiger partial charge on any atom is -0.399 e. The Hall–Kier alpha value is -2.00. The van der Waals surface area contributed by atoms with Gasteiger partial charge in [-0.15, -0.1) is 0 Å². The molecule has 20 heavy (non-hydrogen) atoms. The molecule has 1 amide bonds. The van der Waals surface area contributed by atoms with E-state index in [0.717, 1.165) is 11.1 Å². The van der Waals surface area contributed by atoms with Crippen LogP contribution in [0.1, 0.15) is 24.1 Å². The third-order valence-electron chi connectivity index (χ3n) is 3.07. The first-order valence-electron chi connectivity index (χ1n) is 6.44. The number of anilines is 1. The normalized spacial score (nSPS) is 11.9. The van der Waals surface area contributed by atoms with Gasteiger partial charge in [-0.1, -0.05) is 35.9 Å². The van der Waals surface area contributed by atoms with E-state index in [0.29, 0.717) is 17.1 Å². The van der Waals surface area contributed by atoms with E-state index in [2.05, 4.69) is 5.32 Å². The molecule has 4 heteroatoms. The van der Waals surface area contributed by atoms with Crippen LogP contribution in [0.25, 0.3) is 0 Å². The van der Waals surface area contributed by atoms with Crippen molar-refractivity contribution in [3.63, 3.8) is 0 Å². The molecule has 3 N–H and O–H groups in total. The molecule has 0 unspecified atom stereocenters. The molecule has 2 aromatic carbocycles. The Morgan fingerprint density at radius 1 is 1.25 bits per heavy atom. The van der Waals surface area contributed by atoms with E-state index in [1.807, 2.05) is 43.3 Å². The zero-order valence-electron chi connectivity index (χ0n) is 11.3. The molecule has 0 aromatic heterocycles. The molecule has 0 spiro atoms. The molecule has 0 saturated carbocycles. The Labute approximate surface area is 123 Å². The molecule has 2 aromatic rings. The van der Waals surface area contributed by atoms with Crippen molar-refractivity contribution >= 4 is 23.2 Å². The number of hydrogen-bond acceptors (Lipinski definition) is 2. The molecule has 0 bridgehead atoms. The number of nitrogens with two attached hydrogens (primary N) is 1. The molecule has 0 aliphatic heterocycles. The molecule has 1 atom stereocenters. The minimum absolute atomic E-state index is 0.0257. The first-order valence-corrected chi connectivity index (χ1v) is 6.81. The topological polar surface area (TPSA) is 55.1 Å². The molecular weight excluding hydrogens is 272 g/mol. The zero-order chi connectivity index (χ0) is 14.5. The van der Waals surface area contributed by atoms with Gasteiger partial charge in [-0.25, -0.2) is 0 Å². The fourth-order valence-electron chi connectivity index (χ4n) is 1.97. The van der Waals surface area contributed by atoms with Crippen LogP contribution in [0.3, 0.4) is 0 Å². The van der Waals surface area contributed by atoms with Crippen molar-refractivity contribution in [3.8, 4) is 0 Å². The lowest BCUT2D eigenvalue weighted by molar-refractivity contribution is -0.121. The molecule has 3 nitrogen and oxygen atoms in total. The summed E-state index contributed by atoms with van der Waals surface area (Å²) in [6, 6.07) is 14.7. The summed E-state index contributed by atoms with van der Waals surface area (Å²) in [4.78, 5) is 12.0. The molecule has 0 fully saturated rings. The highest BCUT2D eigenvalue weighted by atomic mass is 35.5. The van der Waals surface area contributed by atoms with E-state index >= 15 is 0 Å². The standard InChI is InChI=1S/C16H17ClN2O/c1-11(13-3-2-4-14(17)10-13)19-16(20)9-12-5-7-15(18)8-6-12/h2-8,10-11H,9,18H2,1H3,(H,19,20)/t11-/m0/s1. The van der Waals surface area contributed by atoms with E-state index in [1.54, 1.807) is 12.1 Å². The van der Waals surface area contributed by atoms with Crippen LogP contribution in [0.5, 0.6) is 0 Å². The first kappa shape index (κ1) is 14.4. The van der Waals surface area contributed by atoms with E-state index in [-0.39, 0.29) is 11.9 Å². The average molecular weight is 289 g/mol. The molecule has 0 radical (unpaired) electrons. The van der Waals surface area contributed by atoms with Gasteiger partial charge in [-0.2, -0.15) is 0 Å². The average Bonchev–Trinajstić information content (AvgIpc) is 2.41. The van der Waals surface area contributed by atoms with Crippen LogP contribution in [0.4, 0.5) is 5.69 Å². The van der Waals surface area contributed by atoms with Crippen molar-refractivity contribution in [3.05, 3.63) is 64.7 Å². The smallest absolute Gasteiger partial charge is 0.224 e. The SMILES string of the molecule is C[C@H](NC(=O)Cc1ccc(N)cc1)c1cccc(Cl)c1. The summed E-state index contributed by atoms with van der Waals surface area (Å²) in [5.74, 6) is -0.0257. The largest absolute Gasteiger partial charge is 0.399 e. The van der Waals surface area contributed by atoms with Gasteiger partial charge in [0.05, 0.1) is 12.5 Å². The maximum Gasteiger partial charge on any atom is 0.224 e. The van der Waals surface area contributed by atoms with E-state index in [4.69, 9.17) is 17.3 Å². The summed E-state index contributed by atoms with van der Waals surface area (Å²) in [5.41, 5.74) is 8.24. The molecule has 0 aliphatic carbocycles. The Kier molecular flexibility index (Phi) is 4.64. The molecule has 104 valence electrons. The predicted octanol–water partition coefficient (Wildman–Crippen LogP) is 3.34. The van der Waals surface area contributed by atoms with Gasteiger partial charge in [0, 0.05) is 10.7 Å². The monoisotopic (exact) mass is 288 g/mol. The van der Waals surface area contributed by atoms with E-state index in [1.165, 1.54) is 0 Å². The molecular formula is C16H17ClN2O. The summed E-state index contributed by atoms with van der Waals surface area (Å²) < 4.78 is 0. The summed E-state index contributed by atoms with van der Waals surface area (Å²) in [5, 5.41) is 3.63. The fraction of sp³-hybridized carbons (Fsp3) is 0.188. The Morgan fingerprint density at radius 3 is 2.60 bits per heavy atom. The van der Waals surface area contributed by atoms with Gasteiger partial charge in [-0.3, -0.25) is 4.79 Å². The van der Waals surface area contributed by atoms with Gasteiger partial charge < -0.3 is 11.1 Å². The van der Waals surface area contributed by atoms with Crippen LogP contribution in [-0.2, 0) is 11.2 Å². The summed E-state index contributed by atoms with van der Waals surface area (Å²) >= 11 is 5.95. The highest BCUT2D eigenvalue weighted by Gasteiger charge is 2.10. The number of halogens is 1. The van der Waals surface area contributed by atoms with Crippen LogP contribution in [0, 0.1) is 0 Å². The second-order valence-corrected chi connectivity index (χ2v) is 5.20. The van der Waals surface area contributed by atoms with Crippen molar-refractivity contribution in [1.82, 2.24) is 5.32 Å². The molecule has 0 saturated heterocycles. The van der Waals surface area contributed by atoms with Gasteiger partial charge in [0.1, 0.15) is 0 Å². The quantitative estimate of drug-likeness (QED) is 0.848. The van der Waals surface area contributed by atoms with Crippen LogP contribution in [0.2, 0.25) is 5.02 Å². The number of amides is 1.